The van der Waals surface area contributed by atoms with E-state index < -0.39 is 23.6 Å². The highest BCUT2D eigenvalue weighted by molar-refractivity contribution is 6.31. The Hall–Kier alpha value is -1.59. The topological polar surface area (TPSA) is 89.6 Å². The molecule has 1 aromatic carbocycles. The number of benzene rings is 1. The molecule has 0 unspecified atom stereocenters. The molecule has 1 aliphatic rings. The Balaban J connectivity index is 2.54. The summed E-state index contributed by atoms with van der Waals surface area (Å²) >= 11 is 6.08. The molecule has 2 atom stereocenters. The Bertz CT molecular complexity index is 519. The van der Waals surface area contributed by atoms with Crippen LogP contribution in [0.3, 0.4) is 0 Å². The first-order chi connectivity index (χ1) is 8.97. The van der Waals surface area contributed by atoms with E-state index in [0.717, 1.165) is 0 Å². The molecule has 1 saturated carbocycles. The number of hydrogen-bond donors (Lipinski definition) is 2. The van der Waals surface area contributed by atoms with Crippen LogP contribution in [0.25, 0.3) is 0 Å². The van der Waals surface area contributed by atoms with Gasteiger partial charge in [-0.2, -0.15) is 0 Å². The lowest BCUT2D eigenvalue weighted by atomic mass is 9.77. The van der Waals surface area contributed by atoms with E-state index in [1.807, 2.05) is 0 Å². The number of aliphatic hydroxyl groups excluding tert-OH is 1. The normalized spacial score (nSPS) is 27.1. The van der Waals surface area contributed by atoms with Gasteiger partial charge in [-0.05, 0) is 25.3 Å². The molecular weight excluding hydrogens is 270 g/mol. The van der Waals surface area contributed by atoms with E-state index in [1.54, 1.807) is 24.3 Å². The smallest absolute Gasteiger partial charge is 0.405 e. The number of rotatable bonds is 2. The van der Waals surface area contributed by atoms with Gasteiger partial charge in [-0.15, -0.1) is 0 Å². The predicted octanol–water partition coefficient (Wildman–Crippen LogP) is 1.74. The standard InChI is InChI=1S/C13H14ClNO4/c14-9-5-2-1-4-8(9)13(19-12(15)18)7-3-6-10(16)11(13)17/h1-2,4-5,10,16H,3,6-7H2,(H2,15,18)/t10-,13-/m0/s1. The van der Waals surface area contributed by atoms with Crippen LogP contribution in [0.5, 0.6) is 0 Å². The second-order valence-electron chi connectivity index (χ2n) is 4.50. The molecule has 0 heterocycles. The summed E-state index contributed by atoms with van der Waals surface area (Å²) in [5.74, 6) is -0.578. The van der Waals surface area contributed by atoms with E-state index in [4.69, 9.17) is 22.1 Å². The van der Waals surface area contributed by atoms with Crippen molar-refractivity contribution in [1.82, 2.24) is 0 Å². The highest BCUT2D eigenvalue weighted by atomic mass is 35.5. The van der Waals surface area contributed by atoms with E-state index >= 15 is 0 Å². The number of carbonyl (C=O) groups is 2. The summed E-state index contributed by atoms with van der Waals surface area (Å²) < 4.78 is 5.07. The van der Waals surface area contributed by atoms with Crippen molar-refractivity contribution >= 4 is 23.5 Å². The zero-order chi connectivity index (χ0) is 14.0. The number of hydrogen-bond acceptors (Lipinski definition) is 4. The van der Waals surface area contributed by atoms with E-state index in [0.29, 0.717) is 23.4 Å². The predicted molar refractivity (Wildman–Crippen MR) is 68.7 cm³/mol. The summed E-state index contributed by atoms with van der Waals surface area (Å²) in [4.78, 5) is 23.4. The van der Waals surface area contributed by atoms with Crippen LogP contribution in [0, 0.1) is 0 Å². The van der Waals surface area contributed by atoms with Crippen molar-refractivity contribution in [2.24, 2.45) is 5.73 Å². The molecule has 1 aliphatic carbocycles. The Labute approximate surface area is 115 Å². The second-order valence-corrected chi connectivity index (χ2v) is 4.91. The molecule has 1 fully saturated rings. The lowest BCUT2D eigenvalue weighted by Crippen LogP contribution is -2.50. The Morgan fingerprint density at radius 3 is 2.79 bits per heavy atom. The molecule has 0 bridgehead atoms. The number of Topliss-reactive ketones (excluding diaryl/α,β-unsaturated/α-hetero) is 1. The fraction of sp³-hybridized carbons (Fsp3) is 0.385. The van der Waals surface area contributed by atoms with Crippen molar-refractivity contribution in [2.45, 2.75) is 31.0 Å². The quantitative estimate of drug-likeness (QED) is 0.865. The molecule has 1 aromatic rings. The van der Waals surface area contributed by atoms with E-state index in [2.05, 4.69) is 0 Å². The third-order valence-electron chi connectivity index (χ3n) is 3.29. The van der Waals surface area contributed by atoms with Crippen molar-refractivity contribution in [1.29, 1.82) is 0 Å². The highest BCUT2D eigenvalue weighted by Crippen LogP contribution is 2.41. The molecular formula is C13H14ClNO4. The van der Waals surface area contributed by atoms with Crippen molar-refractivity contribution < 1.29 is 19.4 Å². The number of amides is 1. The molecule has 19 heavy (non-hydrogen) atoms. The minimum atomic E-state index is -1.58. The van der Waals surface area contributed by atoms with Gasteiger partial charge in [0, 0.05) is 10.6 Å². The number of nitrogens with two attached hydrogens (primary N) is 1. The van der Waals surface area contributed by atoms with Crippen molar-refractivity contribution in [3.8, 4) is 0 Å². The first-order valence-corrected chi connectivity index (χ1v) is 6.31. The average Bonchev–Trinajstić information content (AvgIpc) is 2.35. The van der Waals surface area contributed by atoms with Crippen LogP contribution < -0.4 is 5.73 Å². The van der Waals surface area contributed by atoms with Gasteiger partial charge in [0.15, 0.2) is 0 Å². The minimum Gasteiger partial charge on any atom is -0.430 e. The average molecular weight is 284 g/mol. The van der Waals surface area contributed by atoms with Gasteiger partial charge in [0.25, 0.3) is 0 Å². The third kappa shape index (κ3) is 2.43. The summed E-state index contributed by atoms with van der Waals surface area (Å²) in [7, 11) is 0. The zero-order valence-corrected chi connectivity index (χ0v) is 10.9. The van der Waals surface area contributed by atoms with E-state index in [1.165, 1.54) is 0 Å². The zero-order valence-electron chi connectivity index (χ0n) is 10.1. The van der Waals surface area contributed by atoms with Crippen LogP contribution in [0.2, 0.25) is 5.02 Å². The maximum Gasteiger partial charge on any atom is 0.405 e. The van der Waals surface area contributed by atoms with Gasteiger partial charge < -0.3 is 15.6 Å². The maximum absolute atomic E-state index is 12.3. The first-order valence-electron chi connectivity index (χ1n) is 5.93. The van der Waals surface area contributed by atoms with Crippen LogP contribution in [-0.2, 0) is 15.1 Å². The Kier molecular flexibility index (Phi) is 3.78. The molecule has 0 radical (unpaired) electrons. The molecule has 1 amide bonds. The monoisotopic (exact) mass is 283 g/mol. The van der Waals surface area contributed by atoms with Crippen LogP contribution >= 0.6 is 11.6 Å². The van der Waals surface area contributed by atoms with Crippen molar-refractivity contribution in [2.75, 3.05) is 0 Å². The van der Waals surface area contributed by atoms with Crippen LogP contribution in [0.1, 0.15) is 24.8 Å². The first kappa shape index (κ1) is 13.8. The molecule has 0 saturated heterocycles. The summed E-state index contributed by atoms with van der Waals surface area (Å²) in [6.07, 6.45) is -1.11. The fourth-order valence-corrected chi connectivity index (χ4v) is 2.74. The molecule has 0 spiro atoms. The number of halogens is 1. The lowest BCUT2D eigenvalue weighted by Gasteiger charge is -2.37. The van der Waals surface area contributed by atoms with E-state index in [-0.39, 0.29) is 6.42 Å². The third-order valence-corrected chi connectivity index (χ3v) is 3.62. The van der Waals surface area contributed by atoms with Gasteiger partial charge in [-0.25, -0.2) is 4.79 Å². The van der Waals surface area contributed by atoms with Crippen LogP contribution in [0.4, 0.5) is 4.79 Å². The summed E-state index contributed by atoms with van der Waals surface area (Å²) in [6, 6.07) is 6.58. The van der Waals surface area contributed by atoms with Gasteiger partial charge in [0.2, 0.25) is 11.4 Å². The summed E-state index contributed by atoms with van der Waals surface area (Å²) in [5, 5.41) is 10.1. The van der Waals surface area contributed by atoms with Gasteiger partial charge in [0.05, 0.1) is 0 Å². The van der Waals surface area contributed by atoms with Crippen LogP contribution in [0.15, 0.2) is 24.3 Å². The van der Waals surface area contributed by atoms with Crippen LogP contribution in [-0.4, -0.2) is 23.1 Å². The number of ether oxygens (including phenoxy) is 1. The molecule has 0 aliphatic heterocycles. The number of ketones is 1. The molecule has 2 rings (SSSR count). The molecule has 3 N–H and O–H groups in total. The summed E-state index contributed by atoms with van der Waals surface area (Å²) in [5.41, 5.74) is 3.84. The molecule has 102 valence electrons. The van der Waals surface area contributed by atoms with E-state index in [9.17, 15) is 14.7 Å². The molecule has 0 aromatic heterocycles. The number of carbonyl (C=O) groups excluding carboxylic acids is 2. The van der Waals surface area contributed by atoms with Crippen molar-refractivity contribution in [3.63, 3.8) is 0 Å². The van der Waals surface area contributed by atoms with Crippen molar-refractivity contribution in [3.05, 3.63) is 34.9 Å². The van der Waals surface area contributed by atoms with Gasteiger partial charge in [-0.3, -0.25) is 4.79 Å². The Morgan fingerprint density at radius 1 is 1.47 bits per heavy atom. The number of aliphatic hydroxyl groups is 1. The SMILES string of the molecule is NC(=O)O[C@]1(c2ccccc2Cl)CCC[C@H](O)C1=O. The highest BCUT2D eigenvalue weighted by Gasteiger charge is 2.49. The molecule has 6 heteroatoms. The largest absolute Gasteiger partial charge is 0.430 e. The Morgan fingerprint density at radius 2 is 2.16 bits per heavy atom. The fourth-order valence-electron chi connectivity index (χ4n) is 2.45. The van der Waals surface area contributed by atoms with Gasteiger partial charge in [-0.1, -0.05) is 29.8 Å². The maximum atomic E-state index is 12.3. The second kappa shape index (κ2) is 5.19. The lowest BCUT2D eigenvalue weighted by molar-refractivity contribution is -0.153. The number of primary amides is 1. The molecule has 5 nitrogen and oxygen atoms in total. The van der Waals surface area contributed by atoms with Gasteiger partial charge >= 0.3 is 6.09 Å². The van der Waals surface area contributed by atoms with Gasteiger partial charge in [0.1, 0.15) is 6.10 Å². The minimum absolute atomic E-state index is 0.259. The summed E-state index contributed by atoms with van der Waals surface area (Å²) in [6.45, 7) is 0.